The molecule has 2 aromatic rings. The Morgan fingerprint density at radius 3 is 2.59 bits per heavy atom. The lowest BCUT2D eigenvalue weighted by Crippen LogP contribution is -2.39. The molecule has 10 heteroatoms. The van der Waals surface area contributed by atoms with E-state index < -0.39 is 23.3 Å². The Hall–Kier alpha value is -3.43. The molecule has 0 saturated heterocycles. The number of hydrogen-bond acceptors (Lipinski definition) is 6. The molecule has 0 radical (unpaired) electrons. The van der Waals surface area contributed by atoms with E-state index in [-0.39, 0.29) is 28.9 Å². The van der Waals surface area contributed by atoms with Gasteiger partial charge in [0.05, 0.1) is 11.9 Å². The minimum absolute atomic E-state index is 0.00913. The first kappa shape index (κ1) is 20.3. The number of nitrogens with one attached hydrogen (secondary N) is 3. The third kappa shape index (κ3) is 4.89. The zero-order chi connectivity index (χ0) is 21.0. The van der Waals surface area contributed by atoms with Gasteiger partial charge in [-0.2, -0.15) is 0 Å². The number of rotatable bonds is 5. The summed E-state index contributed by atoms with van der Waals surface area (Å²) in [6.45, 7) is 1.91. The molecule has 2 amide bonds. The predicted octanol–water partition coefficient (Wildman–Crippen LogP) is 2.33. The first-order chi connectivity index (χ1) is 13.8. The van der Waals surface area contributed by atoms with Crippen molar-refractivity contribution in [2.45, 2.75) is 45.1 Å². The molecule has 1 aliphatic rings. The summed E-state index contributed by atoms with van der Waals surface area (Å²) in [5, 5.41) is 23.7. The van der Waals surface area contributed by atoms with Crippen LogP contribution >= 0.6 is 0 Å². The fourth-order valence-corrected chi connectivity index (χ4v) is 3.51. The second kappa shape index (κ2) is 8.72. The molecule has 1 aliphatic carbocycles. The minimum atomic E-state index is -1.23. The molecule has 2 heterocycles. The summed E-state index contributed by atoms with van der Waals surface area (Å²) in [4.78, 5) is 45.9. The summed E-state index contributed by atoms with van der Waals surface area (Å²) in [7, 11) is 0. The molecule has 1 atom stereocenters. The van der Waals surface area contributed by atoms with Gasteiger partial charge in [0.2, 0.25) is 5.75 Å². The average molecular weight is 401 g/mol. The molecule has 0 spiro atoms. The molecule has 1 fully saturated rings. The number of amides is 2. The van der Waals surface area contributed by atoms with Crippen LogP contribution in [0.3, 0.4) is 0 Å². The van der Waals surface area contributed by atoms with Gasteiger partial charge in [-0.15, -0.1) is 0 Å². The lowest BCUT2D eigenvalue weighted by atomic mass is 9.84. The van der Waals surface area contributed by atoms with Gasteiger partial charge in [0.25, 0.3) is 11.5 Å². The van der Waals surface area contributed by atoms with Gasteiger partial charge in [-0.1, -0.05) is 19.3 Å². The van der Waals surface area contributed by atoms with Gasteiger partial charge in [-0.3, -0.25) is 19.9 Å². The zero-order valence-electron chi connectivity index (χ0n) is 15.9. The van der Waals surface area contributed by atoms with Crippen LogP contribution in [0.4, 0.5) is 10.5 Å². The number of nitrogens with zero attached hydrogens (tertiary/aromatic N) is 2. The highest BCUT2D eigenvalue weighted by Crippen LogP contribution is 2.26. The Labute approximate surface area is 166 Å². The van der Waals surface area contributed by atoms with E-state index in [9.17, 15) is 19.5 Å². The van der Waals surface area contributed by atoms with Crippen LogP contribution in [0.15, 0.2) is 23.1 Å². The zero-order valence-corrected chi connectivity index (χ0v) is 15.9. The van der Waals surface area contributed by atoms with Crippen LogP contribution in [0.25, 0.3) is 11.5 Å². The molecule has 154 valence electrons. The number of pyridine rings is 1. The maximum absolute atomic E-state index is 12.6. The number of carbonyl (C=O) groups excluding carboxylic acids is 1. The number of carboxylic acid groups (broad SMARTS) is 1. The van der Waals surface area contributed by atoms with Gasteiger partial charge in [-0.25, -0.2) is 9.78 Å². The van der Waals surface area contributed by atoms with Crippen molar-refractivity contribution in [3.05, 3.63) is 34.4 Å². The third-order valence-corrected chi connectivity index (χ3v) is 5.08. The molecular weight excluding hydrogens is 378 g/mol. The van der Waals surface area contributed by atoms with Crippen LogP contribution in [0.5, 0.6) is 5.75 Å². The fourth-order valence-electron chi connectivity index (χ4n) is 3.51. The molecule has 0 aromatic carbocycles. The van der Waals surface area contributed by atoms with Crippen molar-refractivity contribution < 1.29 is 19.8 Å². The van der Waals surface area contributed by atoms with Gasteiger partial charge < -0.3 is 20.5 Å². The normalized spacial score (nSPS) is 15.5. The lowest BCUT2D eigenvalue weighted by Gasteiger charge is -2.28. The molecule has 0 unspecified atom stereocenters. The van der Waals surface area contributed by atoms with Crippen LogP contribution < -0.4 is 16.2 Å². The molecular formula is C19H23N5O5. The number of H-pyrrole nitrogens is 1. The second-order valence-corrected chi connectivity index (χ2v) is 7.13. The van der Waals surface area contributed by atoms with Gasteiger partial charge in [0.1, 0.15) is 5.69 Å². The monoisotopic (exact) mass is 401 g/mol. The van der Waals surface area contributed by atoms with E-state index in [0.717, 1.165) is 25.7 Å². The van der Waals surface area contributed by atoms with Crippen molar-refractivity contribution in [2.75, 3.05) is 5.32 Å². The molecule has 0 bridgehead atoms. The van der Waals surface area contributed by atoms with Crippen LogP contribution in [0, 0.1) is 5.92 Å². The van der Waals surface area contributed by atoms with Gasteiger partial charge in [-0.05, 0) is 37.8 Å². The van der Waals surface area contributed by atoms with E-state index in [1.165, 1.54) is 24.8 Å². The summed E-state index contributed by atoms with van der Waals surface area (Å²) in [6, 6.07) is 2.77. The van der Waals surface area contributed by atoms with Gasteiger partial charge in [0, 0.05) is 6.04 Å². The van der Waals surface area contributed by atoms with E-state index >= 15 is 0 Å². The SMILES string of the molecule is C[C@@H](NC(=O)c1nc(-c2ccc(NC(=O)O)cn2)[nH]c(=O)c1O)C1CCCCC1. The standard InChI is InChI=1S/C19H23N5O5/c1-10(11-5-3-2-4-6-11)21-17(26)14-15(25)18(27)24-16(23-14)13-8-7-12(9-20-13)22-19(28)29/h7-11,22,25H,2-6H2,1H3,(H,21,26)(H,28,29)(H,23,24,27)/t10-/m1/s1. The Kier molecular flexibility index (Phi) is 6.10. The van der Waals surface area contributed by atoms with Crippen molar-refractivity contribution in [1.82, 2.24) is 20.3 Å². The smallest absolute Gasteiger partial charge is 0.409 e. The molecule has 5 N–H and O–H groups in total. The number of aromatic nitrogens is 3. The van der Waals surface area contributed by atoms with Crippen LogP contribution in [0.2, 0.25) is 0 Å². The van der Waals surface area contributed by atoms with Crippen LogP contribution in [0.1, 0.15) is 49.5 Å². The molecule has 1 saturated carbocycles. The van der Waals surface area contributed by atoms with E-state index in [0.29, 0.717) is 5.92 Å². The van der Waals surface area contributed by atoms with Crippen molar-refractivity contribution in [1.29, 1.82) is 0 Å². The summed E-state index contributed by atoms with van der Waals surface area (Å²) in [6.07, 6.45) is 5.53. The fraction of sp³-hybridized carbons (Fsp3) is 0.421. The average Bonchev–Trinajstić information content (AvgIpc) is 2.70. The first-order valence-corrected chi connectivity index (χ1v) is 9.45. The van der Waals surface area contributed by atoms with E-state index in [4.69, 9.17) is 5.11 Å². The number of carbonyl (C=O) groups is 2. The largest absolute Gasteiger partial charge is 0.501 e. The van der Waals surface area contributed by atoms with Crippen molar-refractivity contribution >= 4 is 17.7 Å². The molecule has 2 aromatic heterocycles. The maximum Gasteiger partial charge on any atom is 0.409 e. The Morgan fingerprint density at radius 1 is 1.24 bits per heavy atom. The summed E-state index contributed by atoms with van der Waals surface area (Å²) >= 11 is 0. The molecule has 29 heavy (non-hydrogen) atoms. The first-order valence-electron chi connectivity index (χ1n) is 9.45. The quantitative estimate of drug-likeness (QED) is 0.514. The summed E-state index contributed by atoms with van der Waals surface area (Å²) in [5.41, 5.74) is -0.782. The van der Waals surface area contributed by atoms with Gasteiger partial charge in [0.15, 0.2) is 11.5 Å². The van der Waals surface area contributed by atoms with E-state index in [1.807, 2.05) is 6.92 Å². The lowest BCUT2D eigenvalue weighted by molar-refractivity contribution is 0.0910. The second-order valence-electron chi connectivity index (χ2n) is 7.13. The topological polar surface area (TPSA) is 157 Å². The molecule has 0 aliphatic heterocycles. The minimum Gasteiger partial charge on any atom is -0.501 e. The third-order valence-electron chi connectivity index (χ3n) is 5.08. The molecule has 3 rings (SSSR count). The van der Waals surface area contributed by atoms with E-state index in [2.05, 4.69) is 25.6 Å². The summed E-state index contributed by atoms with van der Waals surface area (Å²) in [5.74, 6) is -1.04. The number of aromatic amines is 1. The Bertz CT molecular complexity index is 950. The summed E-state index contributed by atoms with van der Waals surface area (Å²) < 4.78 is 0. The van der Waals surface area contributed by atoms with Crippen molar-refractivity contribution in [3.63, 3.8) is 0 Å². The van der Waals surface area contributed by atoms with Gasteiger partial charge >= 0.3 is 6.09 Å². The van der Waals surface area contributed by atoms with E-state index in [1.54, 1.807) is 0 Å². The van der Waals surface area contributed by atoms with Crippen molar-refractivity contribution in [2.24, 2.45) is 5.92 Å². The number of anilines is 1. The van der Waals surface area contributed by atoms with Crippen LogP contribution in [-0.2, 0) is 0 Å². The highest BCUT2D eigenvalue weighted by atomic mass is 16.4. The Balaban J connectivity index is 1.82. The van der Waals surface area contributed by atoms with Crippen LogP contribution in [-0.4, -0.2) is 43.2 Å². The number of hydrogen-bond donors (Lipinski definition) is 5. The predicted molar refractivity (Wildman–Crippen MR) is 105 cm³/mol. The number of aromatic hydroxyl groups is 1. The highest BCUT2D eigenvalue weighted by Gasteiger charge is 2.25. The van der Waals surface area contributed by atoms with Crippen molar-refractivity contribution in [3.8, 4) is 17.3 Å². The Morgan fingerprint density at radius 2 is 1.97 bits per heavy atom. The molecule has 10 nitrogen and oxygen atoms in total. The highest BCUT2D eigenvalue weighted by molar-refractivity contribution is 5.95. The maximum atomic E-state index is 12.6.